The molecule has 5 heteroatoms. The van der Waals surface area contributed by atoms with Crippen molar-refractivity contribution in [3.63, 3.8) is 0 Å². The average molecular weight is 213 g/mol. The predicted octanol–water partition coefficient (Wildman–Crippen LogP) is 1.30. The van der Waals surface area contributed by atoms with Crippen molar-refractivity contribution in [2.75, 3.05) is 5.32 Å². The van der Waals surface area contributed by atoms with E-state index in [0.717, 1.165) is 5.69 Å². The Hall–Kier alpha value is -2.35. The second kappa shape index (κ2) is 4.45. The Morgan fingerprint density at radius 1 is 1.44 bits per heavy atom. The first kappa shape index (κ1) is 10.2. The Bertz CT molecular complexity index is 523. The number of aromatic nitrogens is 3. The molecular weight excluding hydrogens is 202 g/mol. The Kier molecular flexibility index (Phi) is 2.83. The normalized spacial score (nSPS) is 9.75. The average Bonchev–Trinajstić information content (AvgIpc) is 2.72. The third kappa shape index (κ3) is 2.17. The molecule has 80 valence electrons. The first-order chi connectivity index (χ1) is 7.79. The molecule has 0 amide bonds. The second-order valence-corrected chi connectivity index (χ2v) is 3.32. The predicted molar refractivity (Wildman–Crippen MR) is 59.5 cm³/mol. The second-order valence-electron chi connectivity index (χ2n) is 3.32. The zero-order valence-corrected chi connectivity index (χ0v) is 8.88. The molecule has 0 spiro atoms. The third-order valence-corrected chi connectivity index (χ3v) is 2.24. The first-order valence-electron chi connectivity index (χ1n) is 4.87. The third-order valence-electron chi connectivity index (χ3n) is 2.24. The highest BCUT2D eigenvalue weighted by Gasteiger charge is 1.99. The summed E-state index contributed by atoms with van der Waals surface area (Å²) in [7, 11) is 1.89. The number of aryl methyl sites for hydroxylation is 1. The minimum Gasteiger partial charge on any atom is -0.364 e. The quantitative estimate of drug-likeness (QED) is 0.834. The van der Waals surface area contributed by atoms with Gasteiger partial charge in [-0.2, -0.15) is 10.4 Å². The molecule has 5 nitrogen and oxygen atoms in total. The summed E-state index contributed by atoms with van der Waals surface area (Å²) in [5.41, 5.74) is 1.47. The molecule has 0 unspecified atom stereocenters. The van der Waals surface area contributed by atoms with Crippen molar-refractivity contribution in [2.24, 2.45) is 7.05 Å². The zero-order valence-electron chi connectivity index (χ0n) is 8.88. The molecule has 0 aliphatic heterocycles. The van der Waals surface area contributed by atoms with Crippen molar-refractivity contribution in [3.05, 3.63) is 41.9 Å². The molecular formula is C11H11N5. The first-order valence-corrected chi connectivity index (χ1v) is 4.87. The Morgan fingerprint density at radius 2 is 2.31 bits per heavy atom. The SMILES string of the molecule is Cn1nccc1CNc1cccc(C#N)n1. The fraction of sp³-hybridized carbons (Fsp3) is 0.182. The Morgan fingerprint density at radius 3 is 3.00 bits per heavy atom. The minimum atomic E-state index is 0.412. The van der Waals surface area contributed by atoms with Crippen LogP contribution in [0.15, 0.2) is 30.5 Å². The summed E-state index contributed by atoms with van der Waals surface area (Å²) in [4.78, 5) is 4.12. The van der Waals surface area contributed by atoms with Gasteiger partial charge >= 0.3 is 0 Å². The van der Waals surface area contributed by atoms with Crippen LogP contribution in [0.3, 0.4) is 0 Å². The van der Waals surface area contributed by atoms with Gasteiger partial charge in [0.25, 0.3) is 0 Å². The smallest absolute Gasteiger partial charge is 0.142 e. The van der Waals surface area contributed by atoms with Crippen molar-refractivity contribution in [3.8, 4) is 6.07 Å². The van der Waals surface area contributed by atoms with E-state index >= 15 is 0 Å². The maximum absolute atomic E-state index is 8.70. The minimum absolute atomic E-state index is 0.412. The van der Waals surface area contributed by atoms with Crippen molar-refractivity contribution >= 4 is 5.82 Å². The van der Waals surface area contributed by atoms with Crippen LogP contribution in [0.2, 0.25) is 0 Å². The maximum atomic E-state index is 8.70. The molecule has 16 heavy (non-hydrogen) atoms. The molecule has 2 heterocycles. The Labute approximate surface area is 93.4 Å². The summed E-state index contributed by atoms with van der Waals surface area (Å²) in [5, 5.41) is 15.9. The number of nitrogens with zero attached hydrogens (tertiary/aromatic N) is 4. The van der Waals surface area contributed by atoms with E-state index in [1.165, 1.54) is 0 Å². The highest BCUT2D eigenvalue weighted by atomic mass is 15.3. The lowest BCUT2D eigenvalue weighted by atomic mass is 10.3. The van der Waals surface area contributed by atoms with Crippen LogP contribution in [0.25, 0.3) is 0 Å². The van der Waals surface area contributed by atoms with E-state index in [1.807, 2.05) is 25.2 Å². The summed E-state index contributed by atoms with van der Waals surface area (Å²) < 4.78 is 1.79. The molecule has 0 aromatic carbocycles. The molecule has 0 aliphatic rings. The zero-order chi connectivity index (χ0) is 11.4. The van der Waals surface area contributed by atoms with E-state index in [9.17, 15) is 0 Å². The van der Waals surface area contributed by atoms with E-state index < -0.39 is 0 Å². The van der Waals surface area contributed by atoms with Crippen LogP contribution >= 0.6 is 0 Å². The molecule has 0 radical (unpaired) electrons. The summed E-state index contributed by atoms with van der Waals surface area (Å²) >= 11 is 0. The van der Waals surface area contributed by atoms with Gasteiger partial charge < -0.3 is 5.32 Å². The van der Waals surface area contributed by atoms with Gasteiger partial charge in [0.1, 0.15) is 17.6 Å². The number of rotatable bonds is 3. The van der Waals surface area contributed by atoms with Crippen molar-refractivity contribution in [2.45, 2.75) is 6.54 Å². The molecule has 1 N–H and O–H groups in total. The summed E-state index contributed by atoms with van der Waals surface area (Å²) in [5.74, 6) is 0.695. The maximum Gasteiger partial charge on any atom is 0.142 e. The van der Waals surface area contributed by atoms with E-state index in [-0.39, 0.29) is 0 Å². The van der Waals surface area contributed by atoms with Gasteiger partial charge in [0.05, 0.1) is 12.2 Å². The van der Waals surface area contributed by atoms with Gasteiger partial charge in [-0.15, -0.1) is 0 Å². The molecule has 0 atom stereocenters. The lowest BCUT2D eigenvalue weighted by molar-refractivity contribution is 0.720. The van der Waals surface area contributed by atoms with Crippen molar-refractivity contribution < 1.29 is 0 Å². The van der Waals surface area contributed by atoms with Gasteiger partial charge in [-0.25, -0.2) is 4.98 Å². The van der Waals surface area contributed by atoms with E-state index in [0.29, 0.717) is 18.1 Å². The lowest BCUT2D eigenvalue weighted by Gasteiger charge is -2.05. The number of pyridine rings is 1. The number of hydrogen-bond donors (Lipinski definition) is 1. The highest BCUT2D eigenvalue weighted by Crippen LogP contribution is 2.06. The van der Waals surface area contributed by atoms with Crippen LogP contribution in [0.1, 0.15) is 11.4 Å². The van der Waals surface area contributed by atoms with E-state index in [2.05, 4.69) is 15.4 Å². The van der Waals surface area contributed by atoms with Crippen LogP contribution in [-0.2, 0) is 13.6 Å². The molecule has 0 saturated heterocycles. The molecule has 0 fully saturated rings. The van der Waals surface area contributed by atoms with E-state index in [4.69, 9.17) is 5.26 Å². The highest BCUT2D eigenvalue weighted by molar-refractivity contribution is 5.38. The van der Waals surface area contributed by atoms with E-state index in [1.54, 1.807) is 23.0 Å². The molecule has 0 bridgehead atoms. The van der Waals surface area contributed by atoms with Crippen LogP contribution in [-0.4, -0.2) is 14.8 Å². The summed E-state index contributed by atoms with van der Waals surface area (Å²) in [6.07, 6.45) is 1.75. The largest absolute Gasteiger partial charge is 0.364 e. The fourth-order valence-electron chi connectivity index (χ4n) is 1.35. The number of nitrogens with one attached hydrogen (secondary N) is 1. The monoisotopic (exact) mass is 213 g/mol. The number of hydrogen-bond acceptors (Lipinski definition) is 4. The van der Waals surface area contributed by atoms with Gasteiger partial charge in [0.15, 0.2) is 0 Å². The molecule has 2 aromatic rings. The number of nitriles is 1. The Balaban J connectivity index is 2.05. The molecule has 2 aromatic heterocycles. The molecule has 0 saturated carbocycles. The van der Waals surface area contributed by atoms with Crippen LogP contribution in [0, 0.1) is 11.3 Å². The van der Waals surface area contributed by atoms with Crippen molar-refractivity contribution in [1.29, 1.82) is 5.26 Å². The van der Waals surface area contributed by atoms with Crippen LogP contribution in [0.4, 0.5) is 5.82 Å². The van der Waals surface area contributed by atoms with Gasteiger partial charge in [-0.3, -0.25) is 4.68 Å². The topological polar surface area (TPSA) is 66.5 Å². The van der Waals surface area contributed by atoms with Crippen molar-refractivity contribution in [1.82, 2.24) is 14.8 Å². The van der Waals surface area contributed by atoms with Crippen LogP contribution < -0.4 is 5.32 Å². The van der Waals surface area contributed by atoms with Gasteiger partial charge in [-0.05, 0) is 18.2 Å². The van der Waals surface area contributed by atoms with Crippen LogP contribution in [0.5, 0.6) is 0 Å². The fourth-order valence-corrected chi connectivity index (χ4v) is 1.35. The molecule has 2 rings (SSSR count). The summed E-state index contributed by atoms with van der Waals surface area (Å²) in [6, 6.07) is 9.24. The standard InChI is InChI=1S/C11H11N5/c1-16-10(5-6-14-16)8-13-11-4-2-3-9(7-12)15-11/h2-6H,8H2,1H3,(H,13,15). The lowest BCUT2D eigenvalue weighted by Crippen LogP contribution is -2.06. The number of anilines is 1. The summed E-state index contributed by atoms with van der Waals surface area (Å²) in [6.45, 7) is 0.637. The van der Waals surface area contributed by atoms with Gasteiger partial charge in [0.2, 0.25) is 0 Å². The van der Waals surface area contributed by atoms with Gasteiger partial charge in [-0.1, -0.05) is 6.07 Å². The van der Waals surface area contributed by atoms with Gasteiger partial charge in [0, 0.05) is 13.2 Å². The molecule has 0 aliphatic carbocycles.